The van der Waals surface area contributed by atoms with Gasteiger partial charge in [0.25, 0.3) is 0 Å². The molecule has 0 saturated heterocycles. The van der Waals surface area contributed by atoms with Crippen LogP contribution in [0, 0.1) is 6.07 Å². The molecule has 1 radical (unpaired) electrons. The zero-order chi connectivity index (χ0) is 8.55. The highest BCUT2D eigenvalue weighted by Crippen LogP contribution is 2.25. The first kappa shape index (κ1) is 8.02. The SMILES string of the molecule is Clc1cc(Br)c2nc[c]cc2c1. The molecule has 0 atom stereocenters. The van der Waals surface area contributed by atoms with Crippen LogP contribution in [0.5, 0.6) is 0 Å². The summed E-state index contributed by atoms with van der Waals surface area (Å²) in [6.45, 7) is 0. The largest absolute Gasteiger partial charge is 0.254 e. The molecular weight excluding hydrogens is 237 g/mol. The van der Waals surface area contributed by atoms with Crippen molar-refractivity contribution in [3.05, 3.63) is 40.0 Å². The van der Waals surface area contributed by atoms with Gasteiger partial charge in [0.05, 0.1) is 5.52 Å². The van der Waals surface area contributed by atoms with Crippen LogP contribution in [0.3, 0.4) is 0 Å². The number of aromatic nitrogens is 1. The maximum absolute atomic E-state index is 5.85. The number of nitrogens with zero attached hydrogens (tertiary/aromatic N) is 1. The van der Waals surface area contributed by atoms with Crippen LogP contribution in [-0.4, -0.2) is 4.98 Å². The molecule has 2 rings (SSSR count). The van der Waals surface area contributed by atoms with Gasteiger partial charge in [0.1, 0.15) is 0 Å². The van der Waals surface area contributed by atoms with Gasteiger partial charge in [-0.05, 0) is 34.1 Å². The topological polar surface area (TPSA) is 12.9 Å². The van der Waals surface area contributed by atoms with Crippen LogP contribution in [-0.2, 0) is 0 Å². The fraction of sp³-hybridized carbons (Fsp3) is 0. The van der Waals surface area contributed by atoms with Crippen molar-refractivity contribution in [3.8, 4) is 0 Å². The summed E-state index contributed by atoms with van der Waals surface area (Å²) in [4.78, 5) is 4.16. The number of halogens is 2. The van der Waals surface area contributed by atoms with Crippen molar-refractivity contribution in [1.82, 2.24) is 4.98 Å². The maximum atomic E-state index is 5.85. The molecule has 1 aromatic carbocycles. The molecule has 1 nitrogen and oxygen atoms in total. The Morgan fingerprint density at radius 1 is 1.42 bits per heavy atom. The zero-order valence-corrected chi connectivity index (χ0v) is 8.35. The van der Waals surface area contributed by atoms with Gasteiger partial charge in [-0.3, -0.25) is 4.98 Å². The normalized spacial score (nSPS) is 10.5. The Bertz CT molecular complexity index is 428. The third kappa shape index (κ3) is 1.32. The molecule has 0 unspecified atom stereocenters. The van der Waals surface area contributed by atoms with E-state index >= 15 is 0 Å². The molecule has 59 valence electrons. The van der Waals surface area contributed by atoms with Crippen molar-refractivity contribution in [1.29, 1.82) is 0 Å². The van der Waals surface area contributed by atoms with Gasteiger partial charge in [-0.2, -0.15) is 0 Å². The van der Waals surface area contributed by atoms with Crippen molar-refractivity contribution in [2.24, 2.45) is 0 Å². The first-order valence-electron chi connectivity index (χ1n) is 3.38. The Kier molecular flexibility index (Phi) is 2.03. The molecule has 12 heavy (non-hydrogen) atoms. The van der Waals surface area contributed by atoms with E-state index < -0.39 is 0 Å². The average molecular weight is 241 g/mol. The molecule has 0 spiro atoms. The molecule has 0 amide bonds. The van der Waals surface area contributed by atoms with Gasteiger partial charge in [0, 0.05) is 27.1 Å². The molecule has 0 bridgehead atoms. The van der Waals surface area contributed by atoms with Gasteiger partial charge < -0.3 is 0 Å². The summed E-state index contributed by atoms with van der Waals surface area (Å²) < 4.78 is 0.916. The lowest BCUT2D eigenvalue weighted by Crippen LogP contribution is -1.79. The van der Waals surface area contributed by atoms with E-state index in [2.05, 4.69) is 27.0 Å². The smallest absolute Gasteiger partial charge is 0.0845 e. The third-order valence-corrected chi connectivity index (χ3v) is 2.39. The van der Waals surface area contributed by atoms with Gasteiger partial charge >= 0.3 is 0 Å². The Labute approximate surface area is 83.5 Å². The Morgan fingerprint density at radius 3 is 3.08 bits per heavy atom. The lowest BCUT2D eigenvalue weighted by atomic mass is 10.2. The Balaban J connectivity index is 2.89. The lowest BCUT2D eigenvalue weighted by Gasteiger charge is -1.98. The van der Waals surface area contributed by atoms with Crippen LogP contribution >= 0.6 is 27.5 Å². The molecule has 3 heteroatoms. The monoisotopic (exact) mass is 240 g/mol. The van der Waals surface area contributed by atoms with Crippen LogP contribution in [0.1, 0.15) is 0 Å². The molecule has 0 fully saturated rings. The van der Waals surface area contributed by atoms with Crippen molar-refractivity contribution in [3.63, 3.8) is 0 Å². The average Bonchev–Trinajstić information content (AvgIpc) is 2.04. The first-order chi connectivity index (χ1) is 5.77. The molecule has 1 heterocycles. The van der Waals surface area contributed by atoms with Crippen LogP contribution in [0.15, 0.2) is 28.9 Å². The van der Waals surface area contributed by atoms with Crippen LogP contribution in [0.25, 0.3) is 10.9 Å². The molecule has 1 aromatic heterocycles. The van der Waals surface area contributed by atoms with Gasteiger partial charge in [0.2, 0.25) is 0 Å². The summed E-state index contributed by atoms with van der Waals surface area (Å²) >= 11 is 9.24. The lowest BCUT2D eigenvalue weighted by molar-refractivity contribution is 1.40. The maximum Gasteiger partial charge on any atom is 0.0845 e. The molecule has 0 N–H and O–H groups in total. The number of benzene rings is 1. The van der Waals surface area contributed by atoms with E-state index in [0.717, 1.165) is 15.4 Å². The number of pyridine rings is 1. The van der Waals surface area contributed by atoms with Crippen molar-refractivity contribution in [2.45, 2.75) is 0 Å². The minimum absolute atomic E-state index is 0.704. The zero-order valence-electron chi connectivity index (χ0n) is 6.01. The van der Waals surface area contributed by atoms with Crippen molar-refractivity contribution in [2.75, 3.05) is 0 Å². The fourth-order valence-electron chi connectivity index (χ4n) is 1.06. The molecule has 0 saturated carbocycles. The highest BCUT2D eigenvalue weighted by Gasteiger charge is 2.00. The van der Waals surface area contributed by atoms with E-state index in [1.165, 1.54) is 0 Å². The molecule has 0 aliphatic carbocycles. The van der Waals surface area contributed by atoms with Crippen molar-refractivity contribution < 1.29 is 0 Å². The summed E-state index contributed by atoms with van der Waals surface area (Å²) in [5.74, 6) is 0. The van der Waals surface area contributed by atoms with Crippen LogP contribution in [0.2, 0.25) is 5.02 Å². The number of rotatable bonds is 0. The van der Waals surface area contributed by atoms with E-state index in [-0.39, 0.29) is 0 Å². The highest BCUT2D eigenvalue weighted by atomic mass is 79.9. The molecule has 2 aromatic rings. The minimum Gasteiger partial charge on any atom is -0.254 e. The summed E-state index contributed by atoms with van der Waals surface area (Å²) in [5, 5.41) is 1.70. The predicted octanol–water partition coefficient (Wildman–Crippen LogP) is 3.45. The van der Waals surface area contributed by atoms with Crippen LogP contribution < -0.4 is 0 Å². The summed E-state index contributed by atoms with van der Waals surface area (Å²) in [6, 6.07) is 8.46. The van der Waals surface area contributed by atoms with Crippen molar-refractivity contribution >= 4 is 38.4 Å². The van der Waals surface area contributed by atoms with E-state index in [0.29, 0.717) is 5.02 Å². The molecule has 0 aliphatic heterocycles. The highest BCUT2D eigenvalue weighted by molar-refractivity contribution is 9.10. The second-order valence-corrected chi connectivity index (χ2v) is 3.69. The Hall–Kier alpha value is -0.600. The second-order valence-electron chi connectivity index (χ2n) is 2.39. The number of hydrogen-bond acceptors (Lipinski definition) is 1. The van der Waals surface area contributed by atoms with Crippen LogP contribution in [0.4, 0.5) is 0 Å². The summed E-state index contributed by atoms with van der Waals surface area (Å²) in [5.41, 5.74) is 0.915. The van der Waals surface area contributed by atoms with E-state index in [9.17, 15) is 0 Å². The fourth-order valence-corrected chi connectivity index (χ4v) is 2.00. The number of fused-ring (bicyclic) bond motifs is 1. The van der Waals surface area contributed by atoms with Gasteiger partial charge in [0.15, 0.2) is 0 Å². The predicted molar refractivity (Wildman–Crippen MR) is 53.3 cm³/mol. The standard InChI is InChI=1S/C9H4BrClN/c10-8-5-7(11)4-6-2-1-3-12-9(6)8/h2-5H. The quantitative estimate of drug-likeness (QED) is 0.688. The van der Waals surface area contributed by atoms with Gasteiger partial charge in [-0.25, -0.2) is 0 Å². The van der Waals surface area contributed by atoms with Gasteiger partial charge in [-0.15, -0.1) is 0 Å². The molecular formula is C9H4BrClN. The minimum atomic E-state index is 0.704. The van der Waals surface area contributed by atoms with E-state index in [1.807, 2.05) is 18.2 Å². The number of hydrogen-bond donors (Lipinski definition) is 0. The third-order valence-electron chi connectivity index (χ3n) is 1.56. The second kappa shape index (κ2) is 3.04. The summed E-state index contributed by atoms with van der Waals surface area (Å²) in [6.07, 6.45) is 1.64. The molecule has 0 aliphatic rings. The Morgan fingerprint density at radius 2 is 2.25 bits per heavy atom. The van der Waals surface area contributed by atoms with Gasteiger partial charge in [-0.1, -0.05) is 11.6 Å². The first-order valence-corrected chi connectivity index (χ1v) is 4.55. The summed E-state index contributed by atoms with van der Waals surface area (Å²) in [7, 11) is 0. The van der Waals surface area contributed by atoms with E-state index in [4.69, 9.17) is 11.6 Å². The van der Waals surface area contributed by atoms with E-state index in [1.54, 1.807) is 6.20 Å².